The summed E-state index contributed by atoms with van der Waals surface area (Å²) in [6, 6.07) is 12.2. The largest absolute Gasteiger partial charge is 0.493 e. The average Bonchev–Trinajstić information content (AvgIpc) is 2.82. The summed E-state index contributed by atoms with van der Waals surface area (Å²) in [4.78, 5) is 27.6. The third-order valence-corrected chi connectivity index (χ3v) is 5.26. The molecule has 8 nitrogen and oxygen atoms in total. The highest BCUT2D eigenvalue weighted by Gasteiger charge is 2.37. The first kappa shape index (κ1) is 25.0. The van der Waals surface area contributed by atoms with Crippen LogP contribution >= 0.6 is 0 Å². The van der Waals surface area contributed by atoms with Crippen molar-refractivity contribution in [1.82, 2.24) is 10.2 Å². The molecular weight excluding hydrogens is 450 g/mol. The molecule has 2 aromatic rings. The predicted octanol–water partition coefficient (Wildman–Crippen LogP) is 4.03. The lowest BCUT2D eigenvalue weighted by atomic mass is 9.94. The van der Waals surface area contributed by atoms with Crippen LogP contribution in [-0.4, -0.2) is 50.9 Å². The zero-order valence-electron chi connectivity index (χ0n) is 19.0. The minimum Gasteiger partial charge on any atom is -0.493 e. The van der Waals surface area contributed by atoms with E-state index in [1.807, 2.05) is 30.3 Å². The van der Waals surface area contributed by atoms with Crippen molar-refractivity contribution in [2.45, 2.75) is 26.1 Å². The molecule has 0 aromatic heterocycles. The maximum Gasteiger partial charge on any atom is 0.387 e. The lowest BCUT2D eigenvalue weighted by molar-refractivity contribution is -0.140. The zero-order chi connectivity index (χ0) is 24.7. The number of alkyl halides is 2. The fourth-order valence-electron chi connectivity index (χ4n) is 3.60. The average molecular weight is 476 g/mol. The van der Waals surface area contributed by atoms with Gasteiger partial charge in [0.15, 0.2) is 11.5 Å². The van der Waals surface area contributed by atoms with E-state index in [0.717, 1.165) is 5.56 Å². The van der Waals surface area contributed by atoms with E-state index in [9.17, 15) is 18.4 Å². The van der Waals surface area contributed by atoms with Gasteiger partial charge in [0.1, 0.15) is 6.61 Å². The second kappa shape index (κ2) is 11.5. The number of carbonyl (C=O) groups excluding carboxylic acids is 2. The number of hydrogen-bond acceptors (Lipinski definition) is 6. The molecule has 0 saturated heterocycles. The van der Waals surface area contributed by atoms with Crippen LogP contribution < -0.4 is 14.8 Å². The fourth-order valence-corrected chi connectivity index (χ4v) is 3.60. The number of esters is 1. The molecule has 0 fully saturated rings. The Hall–Kier alpha value is -3.66. The Morgan fingerprint density at radius 1 is 1.09 bits per heavy atom. The Balaban J connectivity index is 2.01. The van der Waals surface area contributed by atoms with Crippen LogP contribution in [0.25, 0.3) is 0 Å². The zero-order valence-corrected chi connectivity index (χ0v) is 19.0. The van der Waals surface area contributed by atoms with E-state index >= 15 is 0 Å². The first-order valence-corrected chi connectivity index (χ1v) is 10.5. The van der Waals surface area contributed by atoms with Gasteiger partial charge in [0.25, 0.3) is 0 Å². The van der Waals surface area contributed by atoms with Gasteiger partial charge in [0, 0.05) is 12.8 Å². The quantitative estimate of drug-likeness (QED) is 0.412. The van der Waals surface area contributed by atoms with Crippen molar-refractivity contribution in [2.75, 3.05) is 27.4 Å². The number of halogens is 2. The molecule has 0 radical (unpaired) electrons. The van der Waals surface area contributed by atoms with E-state index in [0.29, 0.717) is 11.3 Å². The SMILES string of the molecule is COCCOC(=O)C1=C(C)N(Cc2ccccc2)C(=O)NC1c1ccc(OC(F)F)c(OC)c1. The van der Waals surface area contributed by atoms with Crippen molar-refractivity contribution >= 4 is 12.0 Å². The van der Waals surface area contributed by atoms with Crippen LogP contribution in [0.5, 0.6) is 11.5 Å². The minimum atomic E-state index is -3.03. The molecule has 3 rings (SSSR count). The summed E-state index contributed by atoms with van der Waals surface area (Å²) in [5, 5.41) is 2.82. The van der Waals surface area contributed by atoms with Crippen LogP contribution in [0.4, 0.5) is 13.6 Å². The summed E-state index contributed by atoms with van der Waals surface area (Å²) in [5.41, 5.74) is 1.92. The van der Waals surface area contributed by atoms with Crippen LogP contribution in [0.3, 0.4) is 0 Å². The highest BCUT2D eigenvalue weighted by molar-refractivity contribution is 5.95. The predicted molar refractivity (Wildman–Crippen MR) is 118 cm³/mol. The Morgan fingerprint density at radius 2 is 1.82 bits per heavy atom. The third-order valence-electron chi connectivity index (χ3n) is 5.26. The number of nitrogens with zero attached hydrogens (tertiary/aromatic N) is 1. The highest BCUT2D eigenvalue weighted by atomic mass is 19.3. The van der Waals surface area contributed by atoms with Gasteiger partial charge in [-0.25, -0.2) is 9.59 Å². The molecule has 0 aliphatic carbocycles. The molecule has 0 bridgehead atoms. The topological polar surface area (TPSA) is 86.3 Å². The molecule has 34 heavy (non-hydrogen) atoms. The molecule has 1 aliphatic rings. The fraction of sp³-hybridized carbons (Fsp3) is 0.333. The minimum absolute atomic E-state index is 0.0238. The van der Waals surface area contributed by atoms with E-state index in [4.69, 9.17) is 14.2 Å². The van der Waals surface area contributed by atoms with Crippen molar-refractivity contribution in [3.05, 3.63) is 70.9 Å². The summed E-state index contributed by atoms with van der Waals surface area (Å²) >= 11 is 0. The molecule has 2 aromatic carbocycles. The third kappa shape index (κ3) is 5.82. The van der Waals surface area contributed by atoms with Gasteiger partial charge < -0.3 is 24.3 Å². The van der Waals surface area contributed by atoms with Gasteiger partial charge in [-0.1, -0.05) is 36.4 Å². The summed E-state index contributed by atoms with van der Waals surface area (Å²) in [7, 11) is 2.79. The number of hydrogen-bond donors (Lipinski definition) is 1. The molecular formula is C24H26F2N2O6. The summed E-state index contributed by atoms with van der Waals surface area (Å²) in [6.45, 7) is -0.904. The maximum atomic E-state index is 13.1. The number of carbonyl (C=O) groups is 2. The normalized spacial score (nSPS) is 15.9. The molecule has 10 heteroatoms. The first-order chi connectivity index (χ1) is 16.3. The summed E-state index contributed by atoms with van der Waals surface area (Å²) in [5.74, 6) is -0.771. The van der Waals surface area contributed by atoms with Crippen molar-refractivity contribution in [3.63, 3.8) is 0 Å². The second-order valence-corrected chi connectivity index (χ2v) is 7.37. The highest BCUT2D eigenvalue weighted by Crippen LogP contribution is 2.37. The van der Waals surface area contributed by atoms with Gasteiger partial charge in [0.2, 0.25) is 0 Å². The molecule has 1 aliphatic heterocycles. The van der Waals surface area contributed by atoms with Gasteiger partial charge in [-0.15, -0.1) is 0 Å². The van der Waals surface area contributed by atoms with E-state index in [1.165, 1.54) is 37.3 Å². The smallest absolute Gasteiger partial charge is 0.387 e. The lowest BCUT2D eigenvalue weighted by Crippen LogP contribution is -2.47. The van der Waals surface area contributed by atoms with Gasteiger partial charge in [-0.05, 0) is 30.2 Å². The number of amides is 2. The van der Waals surface area contributed by atoms with E-state index in [1.54, 1.807) is 6.92 Å². The van der Waals surface area contributed by atoms with Crippen LogP contribution in [0.1, 0.15) is 24.1 Å². The van der Waals surface area contributed by atoms with Gasteiger partial charge in [-0.2, -0.15) is 8.78 Å². The van der Waals surface area contributed by atoms with Crippen LogP contribution in [0.15, 0.2) is 59.8 Å². The monoisotopic (exact) mass is 476 g/mol. The Morgan fingerprint density at radius 3 is 2.47 bits per heavy atom. The number of urea groups is 1. The van der Waals surface area contributed by atoms with Gasteiger partial charge in [-0.3, -0.25) is 4.90 Å². The van der Waals surface area contributed by atoms with Gasteiger partial charge in [0.05, 0.1) is 31.9 Å². The molecule has 0 spiro atoms. The van der Waals surface area contributed by atoms with Crippen LogP contribution in [0.2, 0.25) is 0 Å². The van der Waals surface area contributed by atoms with Crippen molar-refractivity contribution in [2.24, 2.45) is 0 Å². The second-order valence-electron chi connectivity index (χ2n) is 7.37. The van der Waals surface area contributed by atoms with Crippen molar-refractivity contribution < 1.29 is 37.3 Å². The number of benzene rings is 2. The molecule has 1 atom stereocenters. The van der Waals surface area contributed by atoms with Crippen LogP contribution in [-0.2, 0) is 20.8 Å². The van der Waals surface area contributed by atoms with E-state index < -0.39 is 24.7 Å². The Labute approximate surface area is 196 Å². The van der Waals surface area contributed by atoms with E-state index in [-0.39, 0.29) is 36.8 Å². The molecule has 1 N–H and O–H groups in total. The number of allylic oxidation sites excluding steroid dienone is 1. The molecule has 1 unspecified atom stereocenters. The van der Waals surface area contributed by atoms with Crippen LogP contribution in [0, 0.1) is 0 Å². The summed E-state index contributed by atoms with van der Waals surface area (Å²) < 4.78 is 45.4. The van der Waals surface area contributed by atoms with Crippen molar-refractivity contribution in [1.29, 1.82) is 0 Å². The molecule has 0 saturated carbocycles. The number of methoxy groups -OCH3 is 2. The number of ether oxygens (including phenoxy) is 4. The van der Waals surface area contributed by atoms with E-state index in [2.05, 4.69) is 10.1 Å². The molecule has 1 heterocycles. The summed E-state index contributed by atoms with van der Waals surface area (Å²) in [6.07, 6.45) is 0. The Bertz CT molecular complexity index is 1050. The van der Waals surface area contributed by atoms with Crippen molar-refractivity contribution in [3.8, 4) is 11.5 Å². The Kier molecular flexibility index (Phi) is 8.42. The maximum absolute atomic E-state index is 13.1. The number of nitrogens with one attached hydrogen (secondary N) is 1. The lowest BCUT2D eigenvalue weighted by Gasteiger charge is -2.35. The molecule has 2 amide bonds. The molecule has 182 valence electrons. The first-order valence-electron chi connectivity index (χ1n) is 10.5. The standard InChI is InChI=1S/C24H26F2N2O6/c1-15-20(22(29)33-12-11-31-2)21(17-9-10-18(34-23(25)26)19(13-17)32-3)27-24(30)28(15)14-16-7-5-4-6-8-16/h4-10,13,21,23H,11-12,14H2,1-3H3,(H,27,30). The van der Waals surface area contributed by atoms with Gasteiger partial charge >= 0.3 is 18.6 Å². The number of rotatable bonds is 10.